The number of carbonyl (C=O) groups excluding carboxylic acids is 1. The Bertz CT molecular complexity index is 224. The number of allylic oxidation sites excluding steroid dienone is 5. The van der Waals surface area contributed by atoms with E-state index >= 15 is 0 Å². The summed E-state index contributed by atoms with van der Waals surface area (Å²) in [4.78, 5) is 10.4. The van der Waals surface area contributed by atoms with Gasteiger partial charge in [0, 0.05) is 5.57 Å². The normalized spacial score (nSPS) is 13.9. The van der Waals surface area contributed by atoms with Crippen molar-refractivity contribution in [3.05, 3.63) is 34.9 Å². The monoisotopic (exact) mass is 170 g/mol. The van der Waals surface area contributed by atoms with Gasteiger partial charge in [0.05, 0.1) is 5.03 Å². The molecule has 0 aliphatic heterocycles. The quantitative estimate of drug-likeness (QED) is 0.362. The molecule has 0 spiro atoms. The highest BCUT2D eigenvalue weighted by Crippen LogP contribution is 2.17. The summed E-state index contributed by atoms with van der Waals surface area (Å²) < 4.78 is 0. The lowest BCUT2D eigenvalue weighted by Gasteiger charge is -1.98. The van der Waals surface area contributed by atoms with Crippen LogP contribution in [0.4, 0.5) is 0 Å². The number of carbonyl (C=O) groups is 1. The fraction of sp³-hybridized carbons (Fsp3) is 0.222. The van der Waals surface area contributed by atoms with Gasteiger partial charge >= 0.3 is 0 Å². The first kappa shape index (κ1) is 10.2. The minimum atomic E-state index is 0.470. The van der Waals surface area contributed by atoms with Crippen LogP contribution in [0.15, 0.2) is 34.9 Å². The van der Waals surface area contributed by atoms with E-state index in [2.05, 4.69) is 6.58 Å². The lowest BCUT2D eigenvalue weighted by Crippen LogP contribution is -1.86. The number of halogens is 1. The molecule has 0 aromatic carbocycles. The third-order valence-corrected chi connectivity index (χ3v) is 1.86. The molecule has 0 rings (SSSR count). The van der Waals surface area contributed by atoms with Gasteiger partial charge in [-0.25, -0.2) is 0 Å². The lowest BCUT2D eigenvalue weighted by atomic mass is 10.2. The zero-order chi connectivity index (χ0) is 8.85. The highest BCUT2D eigenvalue weighted by atomic mass is 35.5. The van der Waals surface area contributed by atoms with Crippen LogP contribution in [0.2, 0.25) is 0 Å². The van der Waals surface area contributed by atoms with Gasteiger partial charge < -0.3 is 0 Å². The molecule has 0 bridgehead atoms. The van der Waals surface area contributed by atoms with Crippen molar-refractivity contribution in [2.45, 2.75) is 13.8 Å². The van der Waals surface area contributed by atoms with E-state index < -0.39 is 0 Å². The van der Waals surface area contributed by atoms with E-state index in [9.17, 15) is 4.79 Å². The van der Waals surface area contributed by atoms with Gasteiger partial charge in [0.1, 0.15) is 0 Å². The van der Waals surface area contributed by atoms with Crippen LogP contribution in [0.3, 0.4) is 0 Å². The van der Waals surface area contributed by atoms with E-state index in [4.69, 9.17) is 11.6 Å². The average Bonchev–Trinajstić information content (AvgIpc) is 2.05. The lowest BCUT2D eigenvalue weighted by molar-refractivity contribution is -0.104. The second kappa shape index (κ2) is 4.91. The molecule has 0 amide bonds. The van der Waals surface area contributed by atoms with Gasteiger partial charge in [-0.1, -0.05) is 30.3 Å². The Kier molecular flexibility index (Phi) is 4.55. The number of rotatable bonds is 3. The molecule has 0 radical (unpaired) electrons. The van der Waals surface area contributed by atoms with Gasteiger partial charge in [-0.2, -0.15) is 0 Å². The highest BCUT2D eigenvalue weighted by Gasteiger charge is 2.00. The van der Waals surface area contributed by atoms with Crippen LogP contribution in [-0.2, 0) is 4.79 Å². The Morgan fingerprint density at radius 1 is 1.55 bits per heavy atom. The largest absolute Gasteiger partial charge is 0.298 e. The van der Waals surface area contributed by atoms with Crippen LogP contribution in [0.5, 0.6) is 0 Å². The van der Waals surface area contributed by atoms with Crippen LogP contribution in [0.25, 0.3) is 0 Å². The first-order valence-electron chi connectivity index (χ1n) is 3.28. The van der Waals surface area contributed by atoms with Gasteiger partial charge in [-0.15, -0.1) is 0 Å². The van der Waals surface area contributed by atoms with Gasteiger partial charge in [0.25, 0.3) is 0 Å². The van der Waals surface area contributed by atoms with Crippen LogP contribution < -0.4 is 0 Å². The minimum absolute atomic E-state index is 0.470. The van der Waals surface area contributed by atoms with Crippen LogP contribution in [0.1, 0.15) is 13.8 Å². The number of hydrogen-bond acceptors (Lipinski definition) is 1. The maximum Gasteiger partial charge on any atom is 0.151 e. The molecule has 0 atom stereocenters. The van der Waals surface area contributed by atoms with Crippen molar-refractivity contribution in [1.82, 2.24) is 0 Å². The Morgan fingerprint density at radius 2 is 2.09 bits per heavy atom. The molecule has 0 aromatic heterocycles. The van der Waals surface area contributed by atoms with E-state index in [1.807, 2.05) is 6.92 Å². The molecule has 11 heavy (non-hydrogen) atoms. The molecular weight excluding hydrogens is 160 g/mol. The summed E-state index contributed by atoms with van der Waals surface area (Å²) in [7, 11) is 0. The summed E-state index contributed by atoms with van der Waals surface area (Å²) in [5.41, 5.74) is 1.32. The predicted molar refractivity (Wildman–Crippen MR) is 48.6 cm³/mol. The van der Waals surface area contributed by atoms with E-state index in [1.54, 1.807) is 19.1 Å². The molecule has 2 heteroatoms. The topological polar surface area (TPSA) is 17.1 Å². The van der Waals surface area contributed by atoms with Crippen molar-refractivity contribution in [2.24, 2.45) is 0 Å². The predicted octanol–water partition coefficient (Wildman–Crippen LogP) is 2.83. The van der Waals surface area contributed by atoms with Crippen molar-refractivity contribution >= 4 is 17.9 Å². The Hall–Kier alpha value is -0.820. The molecule has 0 aliphatic carbocycles. The van der Waals surface area contributed by atoms with Gasteiger partial charge in [0.15, 0.2) is 6.29 Å². The first-order chi connectivity index (χ1) is 5.17. The molecule has 0 aromatic rings. The van der Waals surface area contributed by atoms with Crippen molar-refractivity contribution < 1.29 is 4.79 Å². The average molecular weight is 171 g/mol. The third-order valence-electron chi connectivity index (χ3n) is 1.34. The summed E-state index contributed by atoms with van der Waals surface area (Å²) in [5.74, 6) is 0. The second-order valence-electron chi connectivity index (χ2n) is 2.06. The van der Waals surface area contributed by atoms with E-state index in [1.165, 1.54) is 0 Å². The Morgan fingerprint density at radius 3 is 2.36 bits per heavy atom. The zero-order valence-corrected chi connectivity index (χ0v) is 7.48. The molecule has 0 heterocycles. The van der Waals surface area contributed by atoms with Gasteiger partial charge in [-0.3, -0.25) is 4.79 Å². The van der Waals surface area contributed by atoms with Crippen molar-refractivity contribution in [3.8, 4) is 0 Å². The van der Waals surface area contributed by atoms with Crippen molar-refractivity contribution in [1.29, 1.82) is 0 Å². The number of hydrogen-bond donors (Lipinski definition) is 0. The summed E-state index contributed by atoms with van der Waals surface area (Å²) in [5, 5.41) is 0.470. The molecule has 0 aliphatic rings. The first-order valence-corrected chi connectivity index (χ1v) is 3.65. The van der Waals surface area contributed by atoms with E-state index in [0.717, 1.165) is 11.9 Å². The fourth-order valence-corrected chi connectivity index (χ4v) is 0.795. The molecule has 60 valence electrons. The SMILES string of the molecule is C=C/C(C)=C(Cl)\C(C=O)=C/C. The smallest absolute Gasteiger partial charge is 0.151 e. The second-order valence-corrected chi connectivity index (χ2v) is 2.44. The third kappa shape index (κ3) is 2.72. The fourth-order valence-electron chi connectivity index (χ4n) is 0.564. The summed E-state index contributed by atoms with van der Waals surface area (Å²) in [6.07, 6.45) is 4.02. The summed E-state index contributed by atoms with van der Waals surface area (Å²) >= 11 is 5.81. The van der Waals surface area contributed by atoms with Crippen LogP contribution in [-0.4, -0.2) is 6.29 Å². The molecule has 0 N–H and O–H groups in total. The van der Waals surface area contributed by atoms with Crippen molar-refractivity contribution in [3.63, 3.8) is 0 Å². The van der Waals surface area contributed by atoms with E-state index in [0.29, 0.717) is 10.6 Å². The summed E-state index contributed by atoms with van der Waals surface area (Å²) in [6.45, 7) is 7.12. The van der Waals surface area contributed by atoms with Crippen LogP contribution in [0, 0.1) is 0 Å². The van der Waals surface area contributed by atoms with Crippen molar-refractivity contribution in [2.75, 3.05) is 0 Å². The summed E-state index contributed by atoms with van der Waals surface area (Å²) in [6, 6.07) is 0. The number of aldehydes is 1. The Balaban J connectivity index is 4.85. The van der Waals surface area contributed by atoms with Crippen LogP contribution >= 0.6 is 11.6 Å². The van der Waals surface area contributed by atoms with Gasteiger partial charge in [-0.05, 0) is 19.4 Å². The molecule has 0 unspecified atom stereocenters. The Labute approximate surface area is 72.1 Å². The zero-order valence-electron chi connectivity index (χ0n) is 6.73. The standard InChI is InChI=1S/C9H11ClO/c1-4-7(3)9(10)8(5-2)6-11/h4-6H,1H2,2-3H3/b8-5-,9-7+. The maximum atomic E-state index is 10.4. The minimum Gasteiger partial charge on any atom is -0.298 e. The van der Waals surface area contributed by atoms with Gasteiger partial charge in [0.2, 0.25) is 0 Å². The molecule has 1 nitrogen and oxygen atoms in total. The van der Waals surface area contributed by atoms with E-state index in [-0.39, 0.29) is 0 Å². The molecule has 0 saturated heterocycles. The molecule has 0 saturated carbocycles. The molecule has 0 fully saturated rings. The highest BCUT2D eigenvalue weighted by molar-refractivity contribution is 6.34. The molecular formula is C9H11ClO. The maximum absolute atomic E-state index is 10.4.